The van der Waals surface area contributed by atoms with Gasteiger partial charge in [-0.15, -0.1) is 0 Å². The van der Waals surface area contributed by atoms with E-state index in [9.17, 15) is 9.59 Å². The van der Waals surface area contributed by atoms with Gasteiger partial charge in [0.1, 0.15) is 6.04 Å². The number of hydrogen-bond acceptors (Lipinski definition) is 3. The van der Waals surface area contributed by atoms with E-state index in [4.69, 9.17) is 4.74 Å². The van der Waals surface area contributed by atoms with Crippen molar-refractivity contribution in [3.05, 3.63) is 48.0 Å². The number of fused-ring (bicyclic) bond motifs is 1. The highest BCUT2D eigenvalue weighted by atomic mass is 16.5. The van der Waals surface area contributed by atoms with Crippen LogP contribution in [0.2, 0.25) is 0 Å². The molecule has 0 aromatic heterocycles. The summed E-state index contributed by atoms with van der Waals surface area (Å²) in [6.07, 6.45) is 0.763. The molecule has 2 rings (SSSR count). The van der Waals surface area contributed by atoms with E-state index < -0.39 is 6.04 Å². The smallest absolute Gasteiger partial charge is 0.328 e. The number of carbonyl (C=O) groups is 2. The third-order valence-corrected chi connectivity index (χ3v) is 3.77. The number of hydrogen-bond donors (Lipinski definition) is 1. The fourth-order valence-corrected chi connectivity index (χ4v) is 2.46. The molecule has 4 heteroatoms. The van der Waals surface area contributed by atoms with Crippen LogP contribution < -0.4 is 5.32 Å². The summed E-state index contributed by atoms with van der Waals surface area (Å²) in [6, 6.07) is 13.4. The number of nitrogens with one attached hydrogen (secondary N) is 1. The number of ether oxygens (including phenoxy) is 1. The molecule has 0 heterocycles. The quantitative estimate of drug-likeness (QED) is 0.792. The average molecular weight is 327 g/mol. The van der Waals surface area contributed by atoms with Crippen LogP contribution in [0.1, 0.15) is 32.8 Å². The second kappa shape index (κ2) is 8.48. The monoisotopic (exact) mass is 327 g/mol. The summed E-state index contributed by atoms with van der Waals surface area (Å²) in [7, 11) is 0. The van der Waals surface area contributed by atoms with Gasteiger partial charge in [-0.25, -0.2) is 4.79 Å². The minimum Gasteiger partial charge on any atom is -0.464 e. The normalized spacial score (nSPS) is 12.2. The van der Waals surface area contributed by atoms with Gasteiger partial charge in [0.15, 0.2) is 0 Å². The Morgan fingerprint density at radius 2 is 1.79 bits per heavy atom. The van der Waals surface area contributed by atoms with Crippen LogP contribution in [0.4, 0.5) is 0 Å². The van der Waals surface area contributed by atoms with E-state index in [1.54, 1.807) is 0 Å². The predicted molar refractivity (Wildman–Crippen MR) is 95.7 cm³/mol. The number of carbonyl (C=O) groups excluding carboxylic acids is 2. The Hall–Kier alpha value is -2.36. The molecule has 0 bridgehead atoms. The molecule has 2 aromatic carbocycles. The van der Waals surface area contributed by atoms with Gasteiger partial charge in [0.05, 0.1) is 13.0 Å². The van der Waals surface area contributed by atoms with E-state index in [1.807, 2.05) is 63.2 Å². The molecule has 0 aliphatic rings. The molecule has 0 fully saturated rings. The predicted octanol–water partition coefficient (Wildman–Crippen LogP) is 3.48. The molecule has 24 heavy (non-hydrogen) atoms. The summed E-state index contributed by atoms with van der Waals surface area (Å²) in [5, 5.41) is 5.02. The fraction of sp³-hybridized carbons (Fsp3) is 0.400. The van der Waals surface area contributed by atoms with Gasteiger partial charge in [-0.2, -0.15) is 0 Å². The summed E-state index contributed by atoms with van der Waals surface area (Å²) in [6.45, 7) is 6.19. The lowest BCUT2D eigenvalue weighted by Gasteiger charge is -2.17. The molecule has 0 spiro atoms. The van der Waals surface area contributed by atoms with Gasteiger partial charge < -0.3 is 10.1 Å². The largest absolute Gasteiger partial charge is 0.464 e. The van der Waals surface area contributed by atoms with Crippen LogP contribution in [0.5, 0.6) is 0 Å². The number of esters is 1. The lowest BCUT2D eigenvalue weighted by atomic mass is 10.0. The second-order valence-corrected chi connectivity index (χ2v) is 6.41. The van der Waals surface area contributed by atoms with Crippen LogP contribution in [0.15, 0.2) is 42.5 Å². The van der Waals surface area contributed by atoms with Crippen LogP contribution in [0, 0.1) is 5.92 Å². The van der Waals surface area contributed by atoms with Gasteiger partial charge in [0.2, 0.25) is 5.91 Å². The van der Waals surface area contributed by atoms with Gasteiger partial charge in [0, 0.05) is 0 Å². The molecular weight excluding hydrogens is 302 g/mol. The van der Waals surface area contributed by atoms with Crippen LogP contribution in [-0.2, 0) is 20.7 Å². The summed E-state index contributed by atoms with van der Waals surface area (Å²) >= 11 is 0. The first-order valence-corrected chi connectivity index (χ1v) is 8.43. The zero-order valence-corrected chi connectivity index (χ0v) is 14.5. The van der Waals surface area contributed by atoms with Crippen LogP contribution in [0.25, 0.3) is 10.8 Å². The minimum absolute atomic E-state index is 0.168. The second-order valence-electron chi connectivity index (χ2n) is 6.41. The average Bonchev–Trinajstić information content (AvgIpc) is 2.57. The van der Waals surface area contributed by atoms with Gasteiger partial charge >= 0.3 is 5.97 Å². The molecule has 0 aliphatic heterocycles. The first-order valence-electron chi connectivity index (χ1n) is 8.43. The van der Waals surface area contributed by atoms with Crippen molar-refractivity contribution in [3.63, 3.8) is 0 Å². The van der Waals surface area contributed by atoms with E-state index >= 15 is 0 Å². The lowest BCUT2D eigenvalue weighted by Crippen LogP contribution is -2.42. The first-order chi connectivity index (χ1) is 11.5. The van der Waals surface area contributed by atoms with E-state index in [0.717, 1.165) is 16.3 Å². The molecular formula is C20H25NO3. The van der Waals surface area contributed by atoms with Crippen molar-refractivity contribution in [3.8, 4) is 0 Å². The maximum atomic E-state index is 12.2. The van der Waals surface area contributed by atoms with Crippen molar-refractivity contribution >= 4 is 22.6 Å². The molecule has 1 atom stereocenters. The topological polar surface area (TPSA) is 55.4 Å². The molecule has 0 saturated carbocycles. The highest BCUT2D eigenvalue weighted by molar-refractivity contribution is 5.87. The van der Waals surface area contributed by atoms with Crippen molar-refractivity contribution in [2.45, 2.75) is 39.7 Å². The molecule has 1 amide bonds. The fourth-order valence-electron chi connectivity index (χ4n) is 2.46. The lowest BCUT2D eigenvalue weighted by molar-refractivity contribution is -0.149. The Morgan fingerprint density at radius 1 is 1.08 bits per heavy atom. The van der Waals surface area contributed by atoms with E-state index in [-0.39, 0.29) is 24.2 Å². The van der Waals surface area contributed by atoms with Crippen LogP contribution in [0.3, 0.4) is 0 Å². The highest BCUT2D eigenvalue weighted by Gasteiger charge is 2.20. The Labute approximate surface area is 143 Å². The van der Waals surface area contributed by atoms with Gasteiger partial charge in [-0.3, -0.25) is 4.79 Å². The van der Waals surface area contributed by atoms with Crippen LogP contribution >= 0.6 is 0 Å². The zero-order chi connectivity index (χ0) is 17.5. The summed E-state index contributed by atoms with van der Waals surface area (Å²) < 4.78 is 5.21. The standard InChI is InChI=1S/C20H25NO3/c1-4-18(20(23)24-13-14(2)3)21-19(22)12-15-9-10-16-7-5-6-8-17(16)11-15/h5-11,14,18H,4,12-13H2,1-3H3,(H,21,22). The van der Waals surface area contributed by atoms with Gasteiger partial charge in [-0.1, -0.05) is 63.2 Å². The van der Waals surface area contributed by atoms with Gasteiger partial charge in [-0.05, 0) is 28.7 Å². The minimum atomic E-state index is -0.586. The molecule has 0 aliphatic carbocycles. The van der Waals surface area contributed by atoms with Gasteiger partial charge in [0.25, 0.3) is 0 Å². The third kappa shape index (κ3) is 5.08. The highest BCUT2D eigenvalue weighted by Crippen LogP contribution is 2.16. The van der Waals surface area contributed by atoms with Crippen molar-refractivity contribution < 1.29 is 14.3 Å². The maximum Gasteiger partial charge on any atom is 0.328 e. The molecule has 0 saturated heterocycles. The number of rotatable bonds is 7. The summed E-state index contributed by atoms with van der Waals surface area (Å²) in [4.78, 5) is 24.2. The molecule has 1 N–H and O–H groups in total. The number of benzene rings is 2. The molecule has 2 aromatic rings. The third-order valence-electron chi connectivity index (χ3n) is 3.77. The molecule has 128 valence electrons. The van der Waals surface area contributed by atoms with Crippen molar-refractivity contribution in [2.24, 2.45) is 5.92 Å². The molecule has 1 unspecified atom stereocenters. The summed E-state index contributed by atoms with van der Waals surface area (Å²) in [5.74, 6) is -0.253. The Bertz CT molecular complexity index is 709. The Balaban J connectivity index is 1.95. The number of amides is 1. The van der Waals surface area contributed by atoms with E-state index in [2.05, 4.69) is 5.32 Å². The zero-order valence-electron chi connectivity index (χ0n) is 14.5. The van der Waals surface area contributed by atoms with Crippen LogP contribution in [-0.4, -0.2) is 24.5 Å². The first kappa shape index (κ1) is 18.0. The Morgan fingerprint density at radius 3 is 2.46 bits per heavy atom. The van der Waals surface area contributed by atoms with Crippen molar-refractivity contribution in [1.29, 1.82) is 0 Å². The molecule has 0 radical (unpaired) electrons. The molecule has 4 nitrogen and oxygen atoms in total. The van der Waals surface area contributed by atoms with Crippen molar-refractivity contribution in [2.75, 3.05) is 6.61 Å². The van der Waals surface area contributed by atoms with Crippen molar-refractivity contribution in [1.82, 2.24) is 5.32 Å². The Kier molecular flexibility index (Phi) is 6.36. The van der Waals surface area contributed by atoms with E-state index in [0.29, 0.717) is 13.0 Å². The SMILES string of the molecule is CCC(NC(=O)Cc1ccc2ccccc2c1)C(=O)OCC(C)C. The van der Waals surface area contributed by atoms with E-state index in [1.165, 1.54) is 0 Å². The summed E-state index contributed by atoms with van der Waals surface area (Å²) in [5.41, 5.74) is 0.927. The maximum absolute atomic E-state index is 12.2.